The minimum atomic E-state index is -0.447. The van der Waals surface area contributed by atoms with E-state index in [1.54, 1.807) is 19.2 Å². The zero-order chi connectivity index (χ0) is 13.3. The van der Waals surface area contributed by atoms with Crippen molar-refractivity contribution in [3.63, 3.8) is 0 Å². The average Bonchev–Trinajstić information content (AvgIpc) is 2.74. The number of carbonyl (C=O) groups excluding carboxylic acids is 1. The van der Waals surface area contributed by atoms with E-state index < -0.39 is 11.0 Å². The summed E-state index contributed by atoms with van der Waals surface area (Å²) in [5.41, 5.74) is 2.10. The van der Waals surface area contributed by atoms with Crippen molar-refractivity contribution >= 4 is 23.1 Å². The minimum Gasteiger partial charge on any atom is -0.460 e. The van der Waals surface area contributed by atoms with Crippen molar-refractivity contribution in [3.05, 3.63) is 39.6 Å². The molecule has 0 aliphatic rings. The Morgan fingerprint density at radius 2 is 2.22 bits per heavy atom. The molecule has 6 heteroatoms. The molecule has 0 saturated heterocycles. The van der Waals surface area contributed by atoms with Gasteiger partial charge in [0, 0.05) is 23.2 Å². The molecule has 1 unspecified atom stereocenters. The second-order valence-electron chi connectivity index (χ2n) is 4.03. The lowest BCUT2D eigenvalue weighted by atomic mass is 10.0. The second-order valence-corrected chi connectivity index (χ2v) is 4.03. The first-order valence-electron chi connectivity index (χ1n) is 5.40. The molecule has 0 saturated carbocycles. The first-order valence-corrected chi connectivity index (χ1v) is 5.40. The molecule has 2 aromatic rings. The molecule has 1 atom stereocenters. The van der Waals surface area contributed by atoms with E-state index in [0.717, 1.165) is 16.5 Å². The monoisotopic (exact) mass is 248 g/mol. The molecular formula is C12H12N2O4. The molecule has 0 radical (unpaired) electrons. The van der Waals surface area contributed by atoms with E-state index in [9.17, 15) is 14.9 Å². The van der Waals surface area contributed by atoms with Crippen molar-refractivity contribution < 1.29 is 14.5 Å². The maximum Gasteiger partial charge on any atom is 0.293 e. The van der Waals surface area contributed by atoms with Gasteiger partial charge >= 0.3 is 0 Å². The third-order valence-electron chi connectivity index (χ3n) is 2.95. The van der Waals surface area contributed by atoms with Crippen molar-refractivity contribution in [3.8, 4) is 0 Å². The molecule has 1 heterocycles. The number of fused-ring (bicyclic) bond motifs is 1. The van der Waals surface area contributed by atoms with Crippen LogP contribution in [0.5, 0.6) is 0 Å². The lowest BCUT2D eigenvalue weighted by Gasteiger charge is -2.09. The largest absolute Gasteiger partial charge is 0.460 e. The Labute approximate surface area is 103 Å². The molecule has 1 N–H and O–H groups in total. The summed E-state index contributed by atoms with van der Waals surface area (Å²) in [4.78, 5) is 23.7. The number of aromatic nitrogens is 1. The first-order chi connectivity index (χ1) is 8.56. The Morgan fingerprint density at radius 1 is 1.50 bits per heavy atom. The molecule has 0 amide bonds. The number of aromatic amines is 1. The molecule has 2 rings (SSSR count). The lowest BCUT2D eigenvalue weighted by Crippen LogP contribution is -1.98. The highest BCUT2D eigenvalue weighted by atomic mass is 16.6. The van der Waals surface area contributed by atoms with E-state index in [1.165, 1.54) is 6.07 Å². The molecule has 94 valence electrons. The number of aryl methyl sites for hydroxylation is 1. The fourth-order valence-corrected chi connectivity index (χ4v) is 2.07. The maximum absolute atomic E-state index is 10.9. The van der Waals surface area contributed by atoms with Crippen LogP contribution in [-0.4, -0.2) is 16.4 Å². The highest BCUT2D eigenvalue weighted by Crippen LogP contribution is 2.33. The number of nitro groups is 1. The van der Waals surface area contributed by atoms with Gasteiger partial charge in [-0.3, -0.25) is 14.9 Å². The Morgan fingerprint density at radius 3 is 2.83 bits per heavy atom. The van der Waals surface area contributed by atoms with Gasteiger partial charge in [0.05, 0.1) is 4.92 Å². The predicted molar refractivity (Wildman–Crippen MR) is 65.3 cm³/mol. The summed E-state index contributed by atoms with van der Waals surface area (Å²) >= 11 is 0. The van der Waals surface area contributed by atoms with E-state index in [4.69, 9.17) is 4.74 Å². The van der Waals surface area contributed by atoms with E-state index in [2.05, 4.69) is 4.98 Å². The van der Waals surface area contributed by atoms with Gasteiger partial charge in [-0.1, -0.05) is 6.07 Å². The number of ether oxygens (including phenoxy) is 1. The van der Waals surface area contributed by atoms with Crippen LogP contribution in [0.2, 0.25) is 0 Å². The van der Waals surface area contributed by atoms with Gasteiger partial charge in [0.2, 0.25) is 0 Å². The molecule has 0 spiro atoms. The van der Waals surface area contributed by atoms with Gasteiger partial charge in [-0.15, -0.1) is 0 Å². The standard InChI is InChI=1S/C12H12N2O4/c1-7-3-4-10(14(16)17)12-11(7)9(5-13-12)8(2)18-6-15/h3-6,8,13H,1-2H3. The van der Waals surface area contributed by atoms with E-state index in [0.29, 0.717) is 12.0 Å². The van der Waals surface area contributed by atoms with Gasteiger partial charge < -0.3 is 9.72 Å². The van der Waals surface area contributed by atoms with Crippen molar-refractivity contribution in [2.45, 2.75) is 20.0 Å². The zero-order valence-corrected chi connectivity index (χ0v) is 9.97. The van der Waals surface area contributed by atoms with Crippen LogP contribution in [0.4, 0.5) is 5.69 Å². The van der Waals surface area contributed by atoms with Gasteiger partial charge in [0.1, 0.15) is 11.6 Å². The van der Waals surface area contributed by atoms with Gasteiger partial charge in [-0.2, -0.15) is 0 Å². The molecule has 0 bridgehead atoms. The molecule has 0 aliphatic heterocycles. The summed E-state index contributed by atoms with van der Waals surface area (Å²) < 4.78 is 4.88. The van der Waals surface area contributed by atoms with Crippen molar-refractivity contribution in [2.75, 3.05) is 0 Å². The van der Waals surface area contributed by atoms with E-state index in [1.807, 2.05) is 6.92 Å². The number of benzene rings is 1. The highest BCUT2D eigenvalue weighted by molar-refractivity contribution is 5.93. The van der Waals surface area contributed by atoms with Crippen LogP contribution in [0, 0.1) is 17.0 Å². The van der Waals surface area contributed by atoms with E-state index in [-0.39, 0.29) is 5.69 Å². The van der Waals surface area contributed by atoms with Gasteiger partial charge in [-0.25, -0.2) is 0 Å². The normalized spacial score (nSPS) is 12.3. The summed E-state index contributed by atoms with van der Waals surface area (Å²) in [7, 11) is 0. The number of H-pyrrole nitrogens is 1. The number of rotatable bonds is 4. The van der Waals surface area contributed by atoms with Crippen LogP contribution in [0.3, 0.4) is 0 Å². The highest BCUT2D eigenvalue weighted by Gasteiger charge is 2.20. The van der Waals surface area contributed by atoms with Crippen LogP contribution >= 0.6 is 0 Å². The number of hydrogen-bond acceptors (Lipinski definition) is 4. The Bertz CT molecular complexity index is 618. The zero-order valence-electron chi connectivity index (χ0n) is 9.97. The van der Waals surface area contributed by atoms with Crippen LogP contribution in [0.15, 0.2) is 18.3 Å². The summed E-state index contributed by atoms with van der Waals surface area (Å²) in [6.45, 7) is 3.95. The van der Waals surface area contributed by atoms with E-state index >= 15 is 0 Å². The summed E-state index contributed by atoms with van der Waals surface area (Å²) in [6.07, 6.45) is 1.19. The molecule has 1 aromatic heterocycles. The molecule has 0 fully saturated rings. The summed E-state index contributed by atoms with van der Waals surface area (Å²) in [5, 5.41) is 11.7. The Hall–Kier alpha value is -2.37. The Balaban J connectivity index is 2.68. The number of nitrogens with zero attached hydrogens (tertiary/aromatic N) is 1. The Kier molecular flexibility index (Phi) is 3.01. The number of carbonyl (C=O) groups is 1. The summed E-state index contributed by atoms with van der Waals surface area (Å²) in [6, 6.07) is 3.15. The molecule has 1 aromatic carbocycles. The smallest absolute Gasteiger partial charge is 0.293 e. The lowest BCUT2D eigenvalue weighted by molar-refractivity contribution is -0.383. The SMILES string of the molecule is Cc1ccc([N+](=O)[O-])c2[nH]cc(C(C)OC=O)c12. The van der Waals surface area contributed by atoms with Gasteiger partial charge in [-0.05, 0) is 19.4 Å². The number of non-ortho nitro benzene ring substituents is 1. The van der Waals surface area contributed by atoms with Crippen LogP contribution in [-0.2, 0) is 9.53 Å². The first kappa shape index (κ1) is 12.1. The number of hydrogen-bond donors (Lipinski definition) is 1. The number of nitro benzene ring substituents is 1. The quantitative estimate of drug-likeness (QED) is 0.512. The van der Waals surface area contributed by atoms with Gasteiger partial charge in [0.15, 0.2) is 0 Å². The average molecular weight is 248 g/mol. The molecular weight excluding hydrogens is 236 g/mol. The summed E-state index contributed by atoms with van der Waals surface area (Å²) in [5.74, 6) is 0. The third kappa shape index (κ3) is 1.81. The maximum atomic E-state index is 10.9. The van der Waals surface area contributed by atoms with Crippen LogP contribution in [0.1, 0.15) is 24.2 Å². The number of nitrogens with one attached hydrogen (secondary N) is 1. The fraction of sp³-hybridized carbons (Fsp3) is 0.250. The molecule has 0 aliphatic carbocycles. The van der Waals surface area contributed by atoms with Crippen LogP contribution < -0.4 is 0 Å². The topological polar surface area (TPSA) is 85.2 Å². The van der Waals surface area contributed by atoms with Crippen molar-refractivity contribution in [2.24, 2.45) is 0 Å². The predicted octanol–water partition coefficient (Wildman–Crippen LogP) is 2.62. The van der Waals surface area contributed by atoms with Crippen molar-refractivity contribution in [1.82, 2.24) is 4.98 Å². The van der Waals surface area contributed by atoms with Gasteiger partial charge in [0.25, 0.3) is 12.2 Å². The third-order valence-corrected chi connectivity index (χ3v) is 2.95. The second kappa shape index (κ2) is 4.48. The van der Waals surface area contributed by atoms with Crippen LogP contribution in [0.25, 0.3) is 10.9 Å². The molecule has 6 nitrogen and oxygen atoms in total. The minimum absolute atomic E-state index is 0.0140. The fourth-order valence-electron chi connectivity index (χ4n) is 2.07. The van der Waals surface area contributed by atoms with Crippen molar-refractivity contribution in [1.29, 1.82) is 0 Å². The molecule has 18 heavy (non-hydrogen) atoms.